The zero-order valence-corrected chi connectivity index (χ0v) is 9.86. The predicted octanol–water partition coefficient (Wildman–Crippen LogP) is 4.64. The van der Waals surface area contributed by atoms with E-state index < -0.39 is 11.6 Å². The van der Waals surface area contributed by atoms with E-state index in [-0.39, 0.29) is 15.8 Å². The molecule has 2 aromatic carbocycles. The lowest BCUT2D eigenvalue weighted by Gasteiger charge is -2.07. The molecule has 0 amide bonds. The maximum atomic E-state index is 13.1. The van der Waals surface area contributed by atoms with Crippen LogP contribution in [0.3, 0.4) is 0 Å². The lowest BCUT2D eigenvalue weighted by molar-refractivity contribution is 0.475. The number of aromatic hydroxyl groups is 1. The third kappa shape index (κ3) is 2.35. The van der Waals surface area contributed by atoms with E-state index in [1.165, 1.54) is 18.2 Å². The average Bonchev–Trinajstić information content (AvgIpc) is 2.27. The molecule has 0 atom stereocenters. The smallest absolute Gasteiger partial charge is 0.159 e. The van der Waals surface area contributed by atoms with Gasteiger partial charge in [0.2, 0.25) is 0 Å². The van der Waals surface area contributed by atoms with E-state index >= 15 is 0 Å². The van der Waals surface area contributed by atoms with Crippen LogP contribution < -0.4 is 0 Å². The third-order valence-corrected chi connectivity index (χ3v) is 2.88. The van der Waals surface area contributed by atoms with Crippen LogP contribution in [-0.2, 0) is 0 Å². The molecule has 88 valence electrons. The summed E-state index contributed by atoms with van der Waals surface area (Å²) in [6.45, 7) is 0. The Kier molecular flexibility index (Phi) is 3.22. The van der Waals surface area contributed by atoms with Gasteiger partial charge >= 0.3 is 0 Å². The van der Waals surface area contributed by atoms with Crippen molar-refractivity contribution in [1.29, 1.82) is 0 Å². The Balaban J connectivity index is 2.60. The number of benzene rings is 2. The number of phenolic OH excluding ortho intramolecular Hbond substituents is 1. The summed E-state index contributed by atoms with van der Waals surface area (Å²) in [6, 6.07) is 6.05. The molecule has 0 unspecified atom stereocenters. The lowest BCUT2D eigenvalue weighted by Crippen LogP contribution is -1.86. The number of hydrogen-bond acceptors (Lipinski definition) is 1. The number of rotatable bonds is 1. The minimum absolute atomic E-state index is 0.0918. The van der Waals surface area contributed by atoms with Gasteiger partial charge in [-0.1, -0.05) is 29.3 Å². The van der Waals surface area contributed by atoms with E-state index in [4.69, 9.17) is 23.2 Å². The maximum absolute atomic E-state index is 13.1. The molecular weight excluding hydrogens is 269 g/mol. The summed E-state index contributed by atoms with van der Waals surface area (Å²) >= 11 is 11.6. The largest absolute Gasteiger partial charge is 0.506 e. The van der Waals surface area contributed by atoms with E-state index in [0.29, 0.717) is 11.1 Å². The van der Waals surface area contributed by atoms with Gasteiger partial charge in [0.05, 0.1) is 10.0 Å². The fourth-order valence-corrected chi connectivity index (χ4v) is 1.85. The first-order valence-electron chi connectivity index (χ1n) is 4.62. The fraction of sp³-hybridized carbons (Fsp3) is 0. The minimum atomic E-state index is -0.970. The molecule has 0 aliphatic rings. The molecule has 2 aromatic rings. The Morgan fingerprint density at radius 1 is 0.882 bits per heavy atom. The zero-order chi connectivity index (χ0) is 12.6. The van der Waals surface area contributed by atoms with Crippen LogP contribution in [0.15, 0.2) is 30.3 Å². The molecule has 1 nitrogen and oxygen atoms in total. The standard InChI is InChI=1S/C12H6Cl2F2O/c13-8-5-12(17)9(14)4-7(8)6-1-2-10(15)11(16)3-6/h1-5,17H. The molecule has 0 aliphatic carbocycles. The Labute approximate surface area is 106 Å². The van der Waals surface area contributed by atoms with Gasteiger partial charge in [-0.3, -0.25) is 0 Å². The fourth-order valence-electron chi connectivity index (χ4n) is 1.42. The van der Waals surface area contributed by atoms with Gasteiger partial charge in [0.15, 0.2) is 11.6 Å². The zero-order valence-electron chi connectivity index (χ0n) is 8.35. The first-order chi connectivity index (χ1) is 7.99. The molecule has 5 heteroatoms. The SMILES string of the molecule is Oc1cc(Cl)c(-c2ccc(F)c(F)c2)cc1Cl. The van der Waals surface area contributed by atoms with E-state index in [0.717, 1.165) is 12.1 Å². The van der Waals surface area contributed by atoms with Gasteiger partial charge in [-0.25, -0.2) is 8.78 Å². The summed E-state index contributed by atoms with van der Waals surface area (Å²) in [5.74, 6) is -2.07. The van der Waals surface area contributed by atoms with E-state index in [9.17, 15) is 13.9 Å². The topological polar surface area (TPSA) is 20.2 Å². The van der Waals surface area contributed by atoms with Gasteiger partial charge in [0.25, 0.3) is 0 Å². The van der Waals surface area contributed by atoms with Gasteiger partial charge in [-0.15, -0.1) is 0 Å². The highest BCUT2D eigenvalue weighted by molar-refractivity contribution is 6.36. The summed E-state index contributed by atoms with van der Waals surface area (Å²) in [4.78, 5) is 0. The van der Waals surface area contributed by atoms with Crippen molar-refractivity contribution in [2.24, 2.45) is 0 Å². The molecule has 17 heavy (non-hydrogen) atoms. The molecule has 0 spiro atoms. The Morgan fingerprint density at radius 3 is 2.24 bits per heavy atom. The second-order valence-corrected chi connectivity index (χ2v) is 4.23. The molecule has 0 aromatic heterocycles. The van der Waals surface area contributed by atoms with Crippen LogP contribution in [0.2, 0.25) is 10.0 Å². The van der Waals surface area contributed by atoms with Gasteiger partial charge in [0, 0.05) is 11.6 Å². The van der Waals surface area contributed by atoms with Crippen molar-refractivity contribution in [2.45, 2.75) is 0 Å². The van der Waals surface area contributed by atoms with Gasteiger partial charge < -0.3 is 5.11 Å². The van der Waals surface area contributed by atoms with Crippen LogP contribution in [0.5, 0.6) is 5.75 Å². The highest BCUT2D eigenvalue weighted by atomic mass is 35.5. The lowest BCUT2D eigenvalue weighted by atomic mass is 10.1. The molecule has 2 rings (SSSR count). The van der Waals surface area contributed by atoms with Crippen LogP contribution >= 0.6 is 23.2 Å². The quantitative estimate of drug-likeness (QED) is 0.803. The summed E-state index contributed by atoms with van der Waals surface area (Å²) in [6.07, 6.45) is 0. The van der Waals surface area contributed by atoms with Crippen LogP contribution in [-0.4, -0.2) is 5.11 Å². The average molecular weight is 275 g/mol. The first kappa shape index (κ1) is 12.1. The first-order valence-corrected chi connectivity index (χ1v) is 5.38. The molecule has 0 saturated heterocycles. The summed E-state index contributed by atoms with van der Waals surface area (Å²) in [5, 5.41) is 9.62. The van der Waals surface area contributed by atoms with Crippen LogP contribution in [0.1, 0.15) is 0 Å². The van der Waals surface area contributed by atoms with Crippen molar-refractivity contribution < 1.29 is 13.9 Å². The van der Waals surface area contributed by atoms with Crippen molar-refractivity contribution >= 4 is 23.2 Å². The van der Waals surface area contributed by atoms with Crippen LogP contribution in [0, 0.1) is 11.6 Å². The highest BCUT2D eigenvalue weighted by Crippen LogP contribution is 2.36. The molecule has 0 bridgehead atoms. The van der Waals surface area contributed by atoms with Gasteiger partial charge in [-0.05, 0) is 23.8 Å². The van der Waals surface area contributed by atoms with E-state index in [1.54, 1.807) is 0 Å². The Bertz CT molecular complexity index is 585. The Morgan fingerprint density at radius 2 is 1.59 bits per heavy atom. The van der Waals surface area contributed by atoms with Gasteiger partial charge in [-0.2, -0.15) is 0 Å². The molecule has 0 fully saturated rings. The summed E-state index contributed by atoms with van der Waals surface area (Å²) < 4.78 is 25.9. The van der Waals surface area contributed by atoms with Crippen molar-refractivity contribution in [1.82, 2.24) is 0 Å². The number of halogens is 4. The molecule has 0 saturated carbocycles. The molecule has 0 radical (unpaired) electrons. The Hall–Kier alpha value is -1.32. The molecule has 1 N–H and O–H groups in total. The highest BCUT2D eigenvalue weighted by Gasteiger charge is 2.10. The van der Waals surface area contributed by atoms with E-state index in [2.05, 4.69) is 0 Å². The summed E-state index contributed by atoms with van der Waals surface area (Å²) in [5.41, 5.74) is 0.809. The predicted molar refractivity (Wildman–Crippen MR) is 63.5 cm³/mol. The molecule has 0 heterocycles. The second kappa shape index (κ2) is 4.51. The van der Waals surface area contributed by atoms with Crippen LogP contribution in [0.25, 0.3) is 11.1 Å². The van der Waals surface area contributed by atoms with Crippen LogP contribution in [0.4, 0.5) is 8.78 Å². The number of phenols is 1. The molecular formula is C12H6Cl2F2O. The summed E-state index contributed by atoms with van der Waals surface area (Å²) in [7, 11) is 0. The second-order valence-electron chi connectivity index (χ2n) is 3.41. The van der Waals surface area contributed by atoms with Crippen molar-refractivity contribution in [3.8, 4) is 16.9 Å². The monoisotopic (exact) mass is 274 g/mol. The van der Waals surface area contributed by atoms with Gasteiger partial charge in [0.1, 0.15) is 5.75 Å². The van der Waals surface area contributed by atoms with Crippen molar-refractivity contribution in [3.63, 3.8) is 0 Å². The van der Waals surface area contributed by atoms with E-state index in [1.807, 2.05) is 0 Å². The minimum Gasteiger partial charge on any atom is -0.506 e. The van der Waals surface area contributed by atoms with Crippen molar-refractivity contribution in [3.05, 3.63) is 52.0 Å². The number of hydrogen-bond donors (Lipinski definition) is 1. The molecule has 0 aliphatic heterocycles. The third-order valence-electron chi connectivity index (χ3n) is 2.27. The normalized spacial score (nSPS) is 10.6. The maximum Gasteiger partial charge on any atom is 0.159 e. The van der Waals surface area contributed by atoms with Crippen molar-refractivity contribution in [2.75, 3.05) is 0 Å².